The first kappa shape index (κ1) is 13.9. The van der Waals surface area contributed by atoms with Crippen LogP contribution in [0.3, 0.4) is 0 Å². The fourth-order valence-electron chi connectivity index (χ4n) is 3.09. The Labute approximate surface area is 126 Å². The van der Waals surface area contributed by atoms with Crippen LogP contribution in [0, 0.1) is 0 Å². The predicted octanol–water partition coefficient (Wildman–Crippen LogP) is 4.27. The minimum Gasteiger partial charge on any atom is -0.246 e. The molecule has 0 saturated carbocycles. The lowest BCUT2D eigenvalue weighted by Crippen LogP contribution is -2.34. The zero-order valence-corrected chi connectivity index (χ0v) is 13.2. The highest BCUT2D eigenvalue weighted by atomic mass is 32.2. The molecule has 3 rings (SSSR count). The molecule has 0 unspecified atom stereocenters. The van der Waals surface area contributed by atoms with E-state index in [4.69, 9.17) is 4.99 Å². The lowest BCUT2D eigenvalue weighted by molar-refractivity contribution is -0.508. The lowest BCUT2D eigenvalue weighted by atomic mass is 10.0. The van der Waals surface area contributed by atoms with Gasteiger partial charge >= 0.3 is 0 Å². The van der Waals surface area contributed by atoms with Gasteiger partial charge in [0.1, 0.15) is 13.1 Å². The van der Waals surface area contributed by atoms with Gasteiger partial charge in [-0.2, -0.15) is 0 Å². The van der Waals surface area contributed by atoms with Gasteiger partial charge in [-0.05, 0) is 26.0 Å². The molecular weight excluding hydrogens is 264 g/mol. The first-order valence-corrected chi connectivity index (χ1v) is 8.35. The molecule has 1 aromatic carbocycles. The second kappa shape index (κ2) is 5.72. The topological polar surface area (TPSA) is 15.4 Å². The van der Waals surface area contributed by atoms with Crippen LogP contribution in [0.4, 0.5) is 5.69 Å². The van der Waals surface area contributed by atoms with Crippen molar-refractivity contribution < 1.29 is 4.58 Å². The number of benzene rings is 1. The standard InChI is InChI=1S/C17H23N2S/c1-17(2)13-15(19-10-6-7-11-19)12-16(20-17)18-14-8-4-3-5-9-14/h3-5,8-9H,6-7,10-13H2,1-2H3/q+1. The van der Waals surface area contributed by atoms with Crippen LogP contribution in [-0.2, 0) is 0 Å². The Hall–Kier alpha value is -1.09. The van der Waals surface area contributed by atoms with Gasteiger partial charge in [0.05, 0.1) is 17.2 Å². The van der Waals surface area contributed by atoms with Gasteiger partial charge in [0.15, 0.2) is 5.71 Å². The van der Waals surface area contributed by atoms with E-state index in [0.29, 0.717) is 0 Å². The molecular formula is C17H23N2S+. The minimum absolute atomic E-state index is 0.268. The van der Waals surface area contributed by atoms with E-state index in [1.165, 1.54) is 37.4 Å². The number of nitrogens with zero attached hydrogens (tertiary/aromatic N) is 2. The van der Waals surface area contributed by atoms with Crippen molar-refractivity contribution in [1.82, 2.24) is 0 Å². The monoisotopic (exact) mass is 287 g/mol. The summed E-state index contributed by atoms with van der Waals surface area (Å²) in [5.74, 6) is 0. The van der Waals surface area contributed by atoms with Crippen LogP contribution in [0.5, 0.6) is 0 Å². The fourth-order valence-corrected chi connectivity index (χ4v) is 4.35. The van der Waals surface area contributed by atoms with Gasteiger partial charge in [0.2, 0.25) is 0 Å². The van der Waals surface area contributed by atoms with Gasteiger partial charge < -0.3 is 0 Å². The Kier molecular flexibility index (Phi) is 3.97. The highest BCUT2D eigenvalue weighted by molar-refractivity contribution is 8.15. The van der Waals surface area contributed by atoms with Crippen LogP contribution in [-0.4, -0.2) is 33.2 Å². The molecule has 0 spiro atoms. The molecule has 2 aliphatic rings. The van der Waals surface area contributed by atoms with Crippen molar-refractivity contribution in [3.63, 3.8) is 0 Å². The highest BCUT2D eigenvalue weighted by Gasteiger charge is 2.35. The molecule has 2 heterocycles. The molecule has 0 N–H and O–H groups in total. The summed E-state index contributed by atoms with van der Waals surface area (Å²) < 4.78 is 2.87. The second-order valence-corrected chi connectivity index (χ2v) is 8.10. The maximum atomic E-state index is 4.87. The molecule has 1 aromatic rings. The number of hydrogen-bond acceptors (Lipinski definition) is 2. The van der Waals surface area contributed by atoms with Crippen molar-refractivity contribution in [1.29, 1.82) is 0 Å². The van der Waals surface area contributed by atoms with Crippen molar-refractivity contribution in [2.24, 2.45) is 4.99 Å². The Morgan fingerprint density at radius 3 is 2.50 bits per heavy atom. The van der Waals surface area contributed by atoms with Crippen LogP contribution in [0.2, 0.25) is 0 Å². The van der Waals surface area contributed by atoms with Crippen LogP contribution in [0.15, 0.2) is 35.3 Å². The van der Waals surface area contributed by atoms with Crippen molar-refractivity contribution in [2.45, 2.75) is 44.3 Å². The van der Waals surface area contributed by atoms with E-state index in [0.717, 1.165) is 12.1 Å². The molecule has 0 bridgehead atoms. The maximum absolute atomic E-state index is 4.87. The SMILES string of the molecule is CC1(C)CC(=[N+]2CCCC2)CC(=Nc2ccccc2)S1. The molecule has 0 atom stereocenters. The maximum Gasteiger partial charge on any atom is 0.160 e. The van der Waals surface area contributed by atoms with Gasteiger partial charge in [-0.1, -0.05) is 18.2 Å². The van der Waals surface area contributed by atoms with Crippen molar-refractivity contribution in [3.8, 4) is 0 Å². The first-order valence-electron chi connectivity index (χ1n) is 7.54. The molecule has 106 valence electrons. The summed E-state index contributed by atoms with van der Waals surface area (Å²) in [6, 6.07) is 10.3. The van der Waals surface area contributed by atoms with Gasteiger partial charge in [0.25, 0.3) is 0 Å². The fraction of sp³-hybridized carbons (Fsp3) is 0.529. The molecule has 2 nitrogen and oxygen atoms in total. The number of thioether (sulfide) groups is 1. The van der Waals surface area contributed by atoms with Crippen molar-refractivity contribution in [3.05, 3.63) is 30.3 Å². The van der Waals surface area contributed by atoms with Gasteiger partial charge in [-0.25, -0.2) is 9.57 Å². The zero-order chi connectivity index (χ0) is 14.0. The third-order valence-corrected chi connectivity index (χ3v) is 5.11. The molecule has 0 aromatic heterocycles. The Morgan fingerprint density at radius 1 is 1.10 bits per heavy atom. The second-order valence-electron chi connectivity index (χ2n) is 6.32. The number of hydrogen-bond donors (Lipinski definition) is 0. The van der Waals surface area contributed by atoms with Gasteiger partial charge in [-0.15, -0.1) is 11.8 Å². The number of aliphatic imine (C=N–C) groups is 1. The zero-order valence-electron chi connectivity index (χ0n) is 12.4. The minimum atomic E-state index is 0.268. The van der Waals surface area contributed by atoms with Crippen LogP contribution in [0.1, 0.15) is 39.5 Å². The van der Waals surface area contributed by atoms with Crippen molar-refractivity contribution in [2.75, 3.05) is 13.1 Å². The molecule has 2 fully saturated rings. The summed E-state index contributed by atoms with van der Waals surface area (Å²) in [5, 5.41) is 1.27. The van der Waals surface area contributed by atoms with Gasteiger partial charge in [0, 0.05) is 24.0 Å². The van der Waals surface area contributed by atoms with E-state index in [1.54, 1.807) is 5.71 Å². The van der Waals surface area contributed by atoms with E-state index in [-0.39, 0.29) is 4.75 Å². The smallest absolute Gasteiger partial charge is 0.160 e. The molecule has 20 heavy (non-hydrogen) atoms. The Bertz CT molecular complexity index is 535. The van der Waals surface area contributed by atoms with Gasteiger partial charge in [-0.3, -0.25) is 0 Å². The predicted molar refractivity (Wildman–Crippen MR) is 88.7 cm³/mol. The van der Waals surface area contributed by atoms with E-state index in [2.05, 4.69) is 42.7 Å². The largest absolute Gasteiger partial charge is 0.246 e. The Balaban J connectivity index is 1.88. The number of rotatable bonds is 1. The average molecular weight is 287 g/mol. The summed E-state index contributed by atoms with van der Waals surface area (Å²) in [6.07, 6.45) is 4.94. The summed E-state index contributed by atoms with van der Waals surface area (Å²) >= 11 is 1.95. The van der Waals surface area contributed by atoms with E-state index in [9.17, 15) is 0 Å². The summed E-state index contributed by atoms with van der Waals surface area (Å²) in [5.41, 5.74) is 2.68. The first-order chi connectivity index (χ1) is 9.62. The van der Waals surface area contributed by atoms with Crippen molar-refractivity contribution >= 4 is 28.2 Å². The summed E-state index contributed by atoms with van der Waals surface area (Å²) in [6.45, 7) is 7.17. The molecule has 0 radical (unpaired) electrons. The van der Waals surface area contributed by atoms with Crippen LogP contribution in [0.25, 0.3) is 0 Å². The van der Waals surface area contributed by atoms with E-state index < -0.39 is 0 Å². The van der Waals surface area contributed by atoms with E-state index in [1.807, 2.05) is 17.8 Å². The van der Waals surface area contributed by atoms with Crippen LogP contribution < -0.4 is 0 Å². The highest BCUT2D eigenvalue weighted by Crippen LogP contribution is 2.37. The molecule has 0 amide bonds. The third kappa shape index (κ3) is 3.32. The molecule has 2 saturated heterocycles. The lowest BCUT2D eigenvalue weighted by Gasteiger charge is -2.29. The molecule has 0 aliphatic carbocycles. The van der Waals surface area contributed by atoms with E-state index >= 15 is 0 Å². The van der Waals surface area contributed by atoms with Crippen LogP contribution >= 0.6 is 11.8 Å². The number of para-hydroxylation sites is 1. The molecule has 2 aliphatic heterocycles. The molecule has 3 heteroatoms. The average Bonchev–Trinajstić information content (AvgIpc) is 2.92. The summed E-state index contributed by atoms with van der Waals surface area (Å²) in [4.78, 5) is 4.87. The summed E-state index contributed by atoms with van der Waals surface area (Å²) in [7, 11) is 0. The third-order valence-electron chi connectivity index (χ3n) is 3.94. The Morgan fingerprint density at radius 2 is 1.80 bits per heavy atom. The normalized spacial score (nSPS) is 24.4. The quantitative estimate of drug-likeness (QED) is 0.704.